The normalized spacial score (nSPS) is 16.1. The summed E-state index contributed by atoms with van der Waals surface area (Å²) in [5.74, 6) is 0.779. The zero-order chi connectivity index (χ0) is 23.9. The van der Waals surface area contributed by atoms with Gasteiger partial charge < -0.3 is 20.3 Å². The number of likely N-dealkylation sites (N-methyl/N-ethyl adjacent to an activating group) is 1. The van der Waals surface area contributed by atoms with Crippen LogP contribution in [0.2, 0.25) is 0 Å². The van der Waals surface area contributed by atoms with Crippen LogP contribution in [0.25, 0.3) is 0 Å². The minimum absolute atomic E-state index is 0.181. The third-order valence-electron chi connectivity index (χ3n) is 5.91. The molecule has 1 saturated heterocycles. The maximum atomic E-state index is 13.6. The molecule has 176 valence electrons. The van der Waals surface area contributed by atoms with Crippen molar-refractivity contribution in [1.82, 2.24) is 20.1 Å². The average molecular weight is 460 g/mol. The van der Waals surface area contributed by atoms with E-state index in [0.717, 1.165) is 18.0 Å². The van der Waals surface area contributed by atoms with Crippen molar-refractivity contribution < 1.29 is 14.3 Å². The Kier molecular flexibility index (Phi) is 7.39. The molecule has 2 heterocycles. The van der Waals surface area contributed by atoms with E-state index in [1.54, 1.807) is 37.4 Å². The Hall–Kier alpha value is -3.91. The Morgan fingerprint density at radius 1 is 1.03 bits per heavy atom. The van der Waals surface area contributed by atoms with E-state index in [9.17, 15) is 9.59 Å². The lowest BCUT2D eigenvalue weighted by Gasteiger charge is -2.40. The number of pyridine rings is 1. The van der Waals surface area contributed by atoms with E-state index in [1.165, 1.54) is 5.56 Å². The first-order chi connectivity index (χ1) is 16.6. The number of methoxy groups -OCH3 is 1. The maximum Gasteiger partial charge on any atom is 0.258 e. The van der Waals surface area contributed by atoms with Gasteiger partial charge >= 0.3 is 0 Å². The Balaban J connectivity index is 1.53. The number of aromatic nitrogens is 1. The number of anilines is 2. The van der Waals surface area contributed by atoms with Crippen LogP contribution in [0.1, 0.15) is 15.9 Å². The lowest BCUT2D eigenvalue weighted by Crippen LogP contribution is -2.60. The predicted molar refractivity (Wildman–Crippen MR) is 131 cm³/mol. The summed E-state index contributed by atoms with van der Waals surface area (Å²) in [4.78, 5) is 34.7. The minimum Gasteiger partial charge on any atom is -0.497 e. The van der Waals surface area contributed by atoms with Gasteiger partial charge in [-0.3, -0.25) is 14.5 Å². The first-order valence-electron chi connectivity index (χ1n) is 11.2. The van der Waals surface area contributed by atoms with E-state index < -0.39 is 6.04 Å². The van der Waals surface area contributed by atoms with E-state index in [0.29, 0.717) is 31.0 Å². The largest absolute Gasteiger partial charge is 0.497 e. The zero-order valence-corrected chi connectivity index (χ0v) is 19.4. The van der Waals surface area contributed by atoms with Crippen molar-refractivity contribution in [2.75, 3.05) is 39.1 Å². The van der Waals surface area contributed by atoms with Crippen LogP contribution in [-0.2, 0) is 11.3 Å². The number of nitrogens with one attached hydrogen (secondary N) is 2. The second-order valence-electron chi connectivity index (χ2n) is 8.10. The van der Waals surface area contributed by atoms with Gasteiger partial charge in [0.1, 0.15) is 17.6 Å². The molecule has 2 N–H and O–H groups in total. The van der Waals surface area contributed by atoms with Crippen LogP contribution in [0.4, 0.5) is 11.5 Å². The topological polar surface area (TPSA) is 86.8 Å². The molecule has 4 rings (SSSR count). The van der Waals surface area contributed by atoms with Crippen LogP contribution < -0.4 is 15.4 Å². The summed E-state index contributed by atoms with van der Waals surface area (Å²) in [6.45, 7) is 2.31. The fourth-order valence-corrected chi connectivity index (χ4v) is 4.10. The molecule has 1 fully saturated rings. The number of benzene rings is 2. The molecule has 8 nitrogen and oxygen atoms in total. The van der Waals surface area contributed by atoms with Gasteiger partial charge in [0.25, 0.3) is 5.91 Å². The highest BCUT2D eigenvalue weighted by atomic mass is 16.5. The monoisotopic (exact) mass is 459 g/mol. The standard InChI is InChI=1S/C26H29N5O3/c1-27-25(32)23-18-30(17-19-7-4-3-5-8-19)15-16-31(23)26(33)22-9-6-14-28-24(22)29-20-10-12-21(34-2)13-11-20/h3-14,23H,15-18H2,1-2H3,(H,27,32)(H,28,29)/t23-/m1/s1. The number of piperazine rings is 1. The SMILES string of the molecule is CNC(=O)[C@H]1CN(Cc2ccccc2)CCN1C(=O)c1cccnc1Nc1ccc(OC)cc1. The molecular weight excluding hydrogens is 430 g/mol. The summed E-state index contributed by atoms with van der Waals surface area (Å²) in [5.41, 5.74) is 2.38. The van der Waals surface area contributed by atoms with Gasteiger partial charge in [-0.15, -0.1) is 0 Å². The van der Waals surface area contributed by atoms with Gasteiger partial charge in [-0.05, 0) is 42.0 Å². The number of amides is 2. The van der Waals surface area contributed by atoms with Gasteiger partial charge in [0.15, 0.2) is 0 Å². The molecule has 2 amide bonds. The van der Waals surface area contributed by atoms with Crippen LogP contribution in [-0.4, -0.2) is 66.4 Å². The second-order valence-corrected chi connectivity index (χ2v) is 8.10. The van der Waals surface area contributed by atoms with Gasteiger partial charge in [-0.25, -0.2) is 4.98 Å². The van der Waals surface area contributed by atoms with Crippen LogP contribution in [0.3, 0.4) is 0 Å². The highest BCUT2D eigenvalue weighted by molar-refractivity contribution is 6.01. The smallest absolute Gasteiger partial charge is 0.258 e. The number of hydrogen-bond acceptors (Lipinski definition) is 6. The number of nitrogens with zero attached hydrogens (tertiary/aromatic N) is 3. The van der Waals surface area contributed by atoms with Crippen LogP contribution in [0.15, 0.2) is 72.9 Å². The molecule has 0 radical (unpaired) electrons. The summed E-state index contributed by atoms with van der Waals surface area (Å²) in [7, 11) is 3.21. The Morgan fingerprint density at radius 2 is 1.79 bits per heavy atom. The third kappa shape index (κ3) is 5.35. The fourth-order valence-electron chi connectivity index (χ4n) is 4.10. The van der Waals surface area contributed by atoms with Crippen molar-refractivity contribution in [3.63, 3.8) is 0 Å². The molecule has 1 aromatic heterocycles. The van der Waals surface area contributed by atoms with Gasteiger partial charge in [0, 0.05) is 45.1 Å². The molecule has 34 heavy (non-hydrogen) atoms. The van der Waals surface area contributed by atoms with E-state index in [4.69, 9.17) is 4.74 Å². The zero-order valence-electron chi connectivity index (χ0n) is 19.4. The van der Waals surface area contributed by atoms with Crippen LogP contribution >= 0.6 is 0 Å². The molecule has 1 atom stereocenters. The fraction of sp³-hybridized carbons (Fsp3) is 0.269. The summed E-state index contributed by atoms with van der Waals surface area (Å²) in [6.07, 6.45) is 1.64. The number of carbonyl (C=O) groups is 2. The molecule has 0 aliphatic carbocycles. The van der Waals surface area contributed by atoms with Gasteiger partial charge in [-0.2, -0.15) is 0 Å². The second kappa shape index (κ2) is 10.8. The molecule has 0 unspecified atom stereocenters. The van der Waals surface area contributed by atoms with Gasteiger partial charge in [0.2, 0.25) is 5.91 Å². The quantitative estimate of drug-likeness (QED) is 0.565. The van der Waals surface area contributed by atoms with E-state index in [1.807, 2.05) is 42.5 Å². The van der Waals surface area contributed by atoms with Gasteiger partial charge in [-0.1, -0.05) is 30.3 Å². The Bertz CT molecular complexity index is 1120. The van der Waals surface area contributed by atoms with Crippen molar-refractivity contribution in [1.29, 1.82) is 0 Å². The Morgan fingerprint density at radius 3 is 2.50 bits per heavy atom. The molecule has 1 aliphatic rings. The average Bonchev–Trinajstić information content (AvgIpc) is 2.89. The van der Waals surface area contributed by atoms with Crippen molar-refractivity contribution in [3.05, 3.63) is 84.1 Å². The number of carbonyl (C=O) groups excluding carboxylic acids is 2. The molecule has 1 aliphatic heterocycles. The van der Waals surface area contributed by atoms with E-state index >= 15 is 0 Å². The number of ether oxygens (including phenoxy) is 1. The summed E-state index contributed by atoms with van der Waals surface area (Å²) < 4.78 is 5.21. The molecule has 0 spiro atoms. The van der Waals surface area contributed by atoms with Crippen molar-refractivity contribution in [2.45, 2.75) is 12.6 Å². The van der Waals surface area contributed by atoms with Crippen molar-refractivity contribution >= 4 is 23.3 Å². The van der Waals surface area contributed by atoms with E-state index in [-0.39, 0.29) is 11.8 Å². The van der Waals surface area contributed by atoms with Crippen molar-refractivity contribution in [3.8, 4) is 5.75 Å². The Labute approximate surface area is 199 Å². The van der Waals surface area contributed by atoms with Crippen LogP contribution in [0.5, 0.6) is 5.75 Å². The summed E-state index contributed by atoms with van der Waals surface area (Å²) in [5, 5.41) is 5.94. The molecular formula is C26H29N5O3. The van der Waals surface area contributed by atoms with Gasteiger partial charge in [0.05, 0.1) is 12.7 Å². The highest BCUT2D eigenvalue weighted by Gasteiger charge is 2.36. The summed E-state index contributed by atoms with van der Waals surface area (Å²) in [6, 6.07) is 20.4. The van der Waals surface area contributed by atoms with E-state index in [2.05, 4.69) is 32.7 Å². The maximum absolute atomic E-state index is 13.6. The highest BCUT2D eigenvalue weighted by Crippen LogP contribution is 2.24. The first-order valence-corrected chi connectivity index (χ1v) is 11.2. The third-order valence-corrected chi connectivity index (χ3v) is 5.91. The lowest BCUT2D eigenvalue weighted by atomic mass is 10.1. The molecule has 0 saturated carbocycles. The summed E-state index contributed by atoms with van der Waals surface area (Å²) >= 11 is 0. The predicted octanol–water partition coefficient (Wildman–Crippen LogP) is 2.91. The minimum atomic E-state index is -0.594. The number of hydrogen-bond donors (Lipinski definition) is 2. The molecule has 0 bridgehead atoms. The number of rotatable bonds is 7. The molecule has 2 aromatic carbocycles. The van der Waals surface area contributed by atoms with Crippen molar-refractivity contribution in [2.24, 2.45) is 0 Å². The first kappa shape index (κ1) is 23.3. The lowest BCUT2D eigenvalue weighted by molar-refractivity contribution is -0.127. The molecule has 8 heteroatoms. The van der Waals surface area contributed by atoms with Crippen LogP contribution in [0, 0.1) is 0 Å². The molecule has 3 aromatic rings.